The van der Waals surface area contributed by atoms with Gasteiger partial charge in [-0.2, -0.15) is 0 Å². The number of pyridine rings is 2. The number of allylic oxidation sites excluding steroid dienone is 3. The Balaban J connectivity index is 2.22. The number of nitrogens with two attached hydrogens (primary N) is 2. The van der Waals surface area contributed by atoms with Crippen LogP contribution in [0.5, 0.6) is 0 Å². The Labute approximate surface area is 183 Å². The van der Waals surface area contributed by atoms with Gasteiger partial charge in [0.15, 0.2) is 0 Å². The van der Waals surface area contributed by atoms with Crippen molar-refractivity contribution >= 4 is 28.6 Å². The second-order valence-electron chi connectivity index (χ2n) is 8.27. The molecule has 0 amide bonds. The Hall–Kier alpha value is -3.39. The molecule has 8 nitrogen and oxygen atoms in total. The van der Waals surface area contributed by atoms with Gasteiger partial charge in [0.1, 0.15) is 11.6 Å². The maximum absolute atomic E-state index is 9.80. The Morgan fingerprint density at radius 3 is 2.65 bits per heavy atom. The van der Waals surface area contributed by atoms with E-state index in [2.05, 4.69) is 20.6 Å². The Kier molecular flexibility index (Phi) is 8.15. The smallest absolute Gasteiger partial charge is 0.132 e. The zero-order valence-electron chi connectivity index (χ0n) is 18.6. The summed E-state index contributed by atoms with van der Waals surface area (Å²) in [5.74, 6) is 1.28. The molecule has 8 N–H and O–H groups in total. The number of nitrogens with zero attached hydrogens (tertiary/aromatic N) is 2. The third kappa shape index (κ3) is 7.42. The molecule has 0 saturated heterocycles. The zero-order chi connectivity index (χ0) is 23.0. The first-order valence-electron chi connectivity index (χ1n) is 10.2. The summed E-state index contributed by atoms with van der Waals surface area (Å²) in [4.78, 5) is 9.05. The van der Waals surface area contributed by atoms with Gasteiger partial charge in [0, 0.05) is 36.3 Å². The number of anilines is 1. The average molecular weight is 424 g/mol. The lowest BCUT2D eigenvalue weighted by molar-refractivity contribution is 0.0722. The largest absolute Gasteiger partial charge is 0.404 e. The monoisotopic (exact) mass is 423 g/mol. The molecule has 0 radical (unpaired) electrons. The van der Waals surface area contributed by atoms with Gasteiger partial charge in [0.05, 0.1) is 16.6 Å². The number of rotatable bonds is 10. The van der Waals surface area contributed by atoms with Crippen molar-refractivity contribution in [2.75, 3.05) is 11.9 Å². The van der Waals surface area contributed by atoms with Crippen molar-refractivity contribution in [2.24, 2.45) is 17.4 Å². The van der Waals surface area contributed by atoms with Crippen molar-refractivity contribution in [3.8, 4) is 0 Å². The predicted molar refractivity (Wildman–Crippen MR) is 128 cm³/mol. The molecule has 0 aromatic carbocycles. The normalized spacial score (nSPS) is 13.5. The number of nitrogens with one attached hydrogen (secondary N) is 3. The van der Waals surface area contributed by atoms with Crippen LogP contribution in [0.25, 0.3) is 16.6 Å². The van der Waals surface area contributed by atoms with Crippen molar-refractivity contribution in [3.63, 3.8) is 0 Å². The van der Waals surface area contributed by atoms with Crippen molar-refractivity contribution in [2.45, 2.75) is 39.7 Å². The van der Waals surface area contributed by atoms with Crippen molar-refractivity contribution < 1.29 is 5.11 Å². The van der Waals surface area contributed by atoms with Gasteiger partial charge in [-0.15, -0.1) is 0 Å². The first-order chi connectivity index (χ1) is 14.6. The molecule has 0 fully saturated rings. The first-order valence-corrected chi connectivity index (χ1v) is 10.2. The molecule has 0 aliphatic rings. The highest BCUT2D eigenvalue weighted by molar-refractivity contribution is 6.08. The highest BCUT2D eigenvalue weighted by Gasteiger charge is 2.11. The Morgan fingerprint density at radius 1 is 1.29 bits per heavy atom. The number of hydrogen-bond donors (Lipinski definition) is 6. The van der Waals surface area contributed by atoms with Crippen LogP contribution in [0.1, 0.15) is 39.7 Å². The molecule has 0 saturated carbocycles. The molecule has 8 heteroatoms. The van der Waals surface area contributed by atoms with E-state index in [0.29, 0.717) is 35.7 Å². The van der Waals surface area contributed by atoms with Crippen LogP contribution in [-0.4, -0.2) is 33.4 Å². The minimum atomic E-state index is -0.740. The van der Waals surface area contributed by atoms with Crippen molar-refractivity contribution in [1.29, 1.82) is 5.41 Å². The predicted octanol–water partition coefficient (Wildman–Crippen LogP) is 3.08. The van der Waals surface area contributed by atoms with Crippen LogP contribution in [0.15, 0.2) is 54.3 Å². The van der Waals surface area contributed by atoms with E-state index in [9.17, 15) is 5.11 Å². The average Bonchev–Trinajstić information content (AvgIpc) is 2.70. The maximum Gasteiger partial charge on any atom is 0.132 e. The lowest BCUT2D eigenvalue weighted by atomic mass is 10.0. The van der Waals surface area contributed by atoms with E-state index in [4.69, 9.17) is 16.9 Å². The third-order valence-electron chi connectivity index (χ3n) is 4.62. The van der Waals surface area contributed by atoms with Crippen LogP contribution in [0.2, 0.25) is 0 Å². The highest BCUT2D eigenvalue weighted by Crippen LogP contribution is 2.19. The molecule has 0 spiro atoms. The van der Waals surface area contributed by atoms with E-state index in [1.165, 1.54) is 6.21 Å². The van der Waals surface area contributed by atoms with Crippen LogP contribution in [0.3, 0.4) is 0 Å². The molecule has 2 rings (SSSR count). The topological polar surface area (TPSA) is 146 Å². The lowest BCUT2D eigenvalue weighted by Crippen LogP contribution is -2.24. The number of hydrogen-bond acceptors (Lipinski definition) is 8. The summed E-state index contributed by atoms with van der Waals surface area (Å²) in [5, 5.41) is 23.8. The quantitative estimate of drug-likeness (QED) is 0.195. The van der Waals surface area contributed by atoms with Gasteiger partial charge < -0.3 is 32.6 Å². The van der Waals surface area contributed by atoms with Crippen LogP contribution < -0.4 is 22.1 Å². The number of aliphatic hydroxyl groups is 1. The van der Waals surface area contributed by atoms with Gasteiger partial charge in [0.25, 0.3) is 0 Å². The number of aromatic nitrogens is 2. The van der Waals surface area contributed by atoms with Gasteiger partial charge in [-0.1, -0.05) is 13.8 Å². The van der Waals surface area contributed by atoms with Crippen LogP contribution >= 0.6 is 0 Å². The second kappa shape index (κ2) is 10.6. The van der Waals surface area contributed by atoms with Crippen LogP contribution in [0, 0.1) is 11.3 Å². The van der Waals surface area contributed by atoms with Crippen LogP contribution in [-0.2, 0) is 0 Å². The van der Waals surface area contributed by atoms with Gasteiger partial charge >= 0.3 is 0 Å². The molecule has 2 aromatic rings. The fourth-order valence-electron chi connectivity index (χ4n) is 2.77. The zero-order valence-corrected chi connectivity index (χ0v) is 18.6. The molecule has 2 aromatic heterocycles. The summed E-state index contributed by atoms with van der Waals surface area (Å²) >= 11 is 0. The number of fused-ring (bicyclic) bond motifs is 1. The molecule has 0 bridgehead atoms. The van der Waals surface area contributed by atoms with Crippen molar-refractivity contribution in [1.82, 2.24) is 15.3 Å². The molecule has 2 heterocycles. The first kappa shape index (κ1) is 23.9. The molecule has 0 aliphatic carbocycles. The SMILES string of the molecule is CC(C)C(=C/N)/C=C(\N)Nc1ccc2ncc(/C(C=N)=C/NCCC(C)(C)O)cc2n1. The minimum absolute atomic E-state index is 0.255. The third-order valence-corrected chi connectivity index (χ3v) is 4.62. The molecule has 0 aliphatic heterocycles. The molecule has 166 valence electrons. The van der Waals surface area contributed by atoms with Gasteiger partial charge in [0.2, 0.25) is 0 Å². The van der Waals surface area contributed by atoms with Crippen molar-refractivity contribution in [3.05, 3.63) is 59.8 Å². The standard InChI is InChI=1S/C23H33N7O/c1-15(2)16(11-24)10-21(26)30-22-6-5-19-20(29-22)9-17(14-28-19)18(12-25)13-27-8-7-23(3,4)31/h5-6,9-15,25,27,31H,7-8,24,26H2,1-4H3,(H,29,30)/b16-11+,18-13+,21-10+,25-12?. The van der Waals surface area contributed by atoms with Crippen LogP contribution in [0.4, 0.5) is 5.82 Å². The summed E-state index contributed by atoms with van der Waals surface area (Å²) in [5.41, 5.74) is 14.8. The fourth-order valence-corrected chi connectivity index (χ4v) is 2.77. The van der Waals surface area contributed by atoms with Gasteiger partial charge in [-0.25, -0.2) is 4.98 Å². The summed E-state index contributed by atoms with van der Waals surface area (Å²) in [6.07, 6.45) is 8.64. The summed E-state index contributed by atoms with van der Waals surface area (Å²) < 4.78 is 0. The lowest BCUT2D eigenvalue weighted by Gasteiger charge is -2.16. The summed E-state index contributed by atoms with van der Waals surface area (Å²) in [6, 6.07) is 5.54. The molecule has 31 heavy (non-hydrogen) atoms. The fraction of sp³-hybridized carbons (Fsp3) is 0.348. The molecule has 0 atom stereocenters. The minimum Gasteiger partial charge on any atom is -0.404 e. The van der Waals surface area contributed by atoms with Gasteiger partial charge in [-0.3, -0.25) is 4.98 Å². The van der Waals surface area contributed by atoms with E-state index < -0.39 is 5.60 Å². The van der Waals surface area contributed by atoms with Gasteiger partial charge in [-0.05, 0) is 62.2 Å². The van der Waals surface area contributed by atoms with E-state index in [-0.39, 0.29) is 5.92 Å². The Morgan fingerprint density at radius 2 is 2.03 bits per heavy atom. The van der Waals surface area contributed by atoms with E-state index >= 15 is 0 Å². The summed E-state index contributed by atoms with van der Waals surface area (Å²) in [6.45, 7) is 8.20. The second-order valence-corrected chi connectivity index (χ2v) is 8.27. The van der Waals surface area contributed by atoms with E-state index in [1.807, 2.05) is 32.0 Å². The summed E-state index contributed by atoms with van der Waals surface area (Å²) in [7, 11) is 0. The Bertz CT molecular complexity index is 1000. The van der Waals surface area contributed by atoms with E-state index in [1.54, 1.807) is 38.5 Å². The molecular weight excluding hydrogens is 390 g/mol. The highest BCUT2D eigenvalue weighted by atomic mass is 16.3. The molecule has 0 unspecified atom stereocenters. The molecular formula is C23H33N7O. The van der Waals surface area contributed by atoms with E-state index in [0.717, 1.165) is 16.7 Å². The maximum atomic E-state index is 9.80.